The third-order valence-corrected chi connectivity index (χ3v) is 4.66. The first-order valence-electron chi connectivity index (χ1n) is 9.26. The Kier molecular flexibility index (Phi) is 6.39. The molecule has 1 fully saturated rings. The van der Waals surface area contributed by atoms with Gasteiger partial charge in [-0.3, -0.25) is 19.3 Å². The van der Waals surface area contributed by atoms with Gasteiger partial charge in [0, 0.05) is 38.8 Å². The van der Waals surface area contributed by atoms with Crippen LogP contribution in [0.1, 0.15) is 17.3 Å². The van der Waals surface area contributed by atoms with E-state index in [1.165, 1.54) is 0 Å². The third kappa shape index (κ3) is 5.17. The fourth-order valence-electron chi connectivity index (χ4n) is 3.12. The van der Waals surface area contributed by atoms with Crippen molar-refractivity contribution >= 4 is 29.1 Å². The van der Waals surface area contributed by atoms with Gasteiger partial charge in [0.25, 0.3) is 5.91 Å². The smallest absolute Gasteiger partial charge is 0.257 e. The average molecular weight is 380 g/mol. The number of nitrogens with zero attached hydrogens (tertiary/aromatic N) is 2. The molecule has 3 amide bonds. The molecule has 0 radical (unpaired) electrons. The number of hydrogen-bond acceptors (Lipinski definition) is 4. The van der Waals surface area contributed by atoms with Gasteiger partial charge in [0.05, 0.1) is 17.8 Å². The second kappa shape index (κ2) is 9.14. The zero-order valence-electron chi connectivity index (χ0n) is 15.9. The molecule has 0 unspecified atom stereocenters. The van der Waals surface area contributed by atoms with E-state index in [4.69, 9.17) is 0 Å². The van der Waals surface area contributed by atoms with Crippen molar-refractivity contribution in [1.29, 1.82) is 0 Å². The highest BCUT2D eigenvalue weighted by atomic mass is 16.2. The molecule has 2 aromatic carbocycles. The highest BCUT2D eigenvalue weighted by molar-refractivity contribution is 6.10. The molecular weight excluding hydrogens is 356 g/mol. The summed E-state index contributed by atoms with van der Waals surface area (Å²) >= 11 is 0. The number of benzene rings is 2. The van der Waals surface area contributed by atoms with E-state index in [-0.39, 0.29) is 24.3 Å². The Morgan fingerprint density at radius 3 is 2.18 bits per heavy atom. The topological polar surface area (TPSA) is 81.8 Å². The maximum absolute atomic E-state index is 12.6. The minimum atomic E-state index is -0.280. The summed E-state index contributed by atoms with van der Waals surface area (Å²) in [4.78, 5) is 40.2. The van der Waals surface area contributed by atoms with E-state index in [2.05, 4.69) is 10.6 Å². The molecule has 0 aromatic heterocycles. The van der Waals surface area contributed by atoms with E-state index in [1.54, 1.807) is 48.2 Å². The highest BCUT2D eigenvalue weighted by Gasteiger charge is 2.21. The zero-order chi connectivity index (χ0) is 19.9. The van der Waals surface area contributed by atoms with Crippen LogP contribution in [0.2, 0.25) is 0 Å². The first-order valence-corrected chi connectivity index (χ1v) is 9.26. The zero-order valence-corrected chi connectivity index (χ0v) is 15.9. The van der Waals surface area contributed by atoms with E-state index in [9.17, 15) is 14.4 Å². The second-order valence-electron chi connectivity index (χ2n) is 6.70. The molecule has 0 aliphatic carbocycles. The first kappa shape index (κ1) is 19.6. The van der Waals surface area contributed by atoms with E-state index < -0.39 is 0 Å². The molecule has 146 valence electrons. The molecule has 7 nitrogen and oxygen atoms in total. The minimum absolute atomic E-state index is 0.0578. The lowest BCUT2D eigenvalue weighted by Crippen LogP contribution is -2.49. The number of para-hydroxylation sites is 2. The Balaban J connectivity index is 1.59. The van der Waals surface area contributed by atoms with Crippen LogP contribution < -0.4 is 10.6 Å². The van der Waals surface area contributed by atoms with Gasteiger partial charge in [0.1, 0.15) is 0 Å². The van der Waals surface area contributed by atoms with Gasteiger partial charge in [-0.1, -0.05) is 30.3 Å². The van der Waals surface area contributed by atoms with Crippen LogP contribution in [-0.2, 0) is 9.59 Å². The summed E-state index contributed by atoms with van der Waals surface area (Å²) in [5, 5.41) is 5.67. The normalized spacial score (nSPS) is 14.4. The largest absolute Gasteiger partial charge is 0.340 e. The van der Waals surface area contributed by atoms with Gasteiger partial charge in [0.2, 0.25) is 11.8 Å². The van der Waals surface area contributed by atoms with Crippen LogP contribution in [0.25, 0.3) is 0 Å². The molecule has 1 saturated heterocycles. The number of carbonyl (C=O) groups excluding carboxylic acids is 3. The number of amides is 3. The van der Waals surface area contributed by atoms with Crippen LogP contribution in [0.3, 0.4) is 0 Å². The maximum atomic E-state index is 12.6. The van der Waals surface area contributed by atoms with Crippen LogP contribution in [0.15, 0.2) is 54.6 Å². The Morgan fingerprint density at radius 2 is 1.50 bits per heavy atom. The molecule has 1 aliphatic rings. The molecular formula is C21H24N4O3. The number of rotatable bonds is 5. The lowest BCUT2D eigenvalue weighted by molar-refractivity contribution is -0.130. The molecule has 2 N–H and O–H groups in total. The van der Waals surface area contributed by atoms with Crippen molar-refractivity contribution in [2.75, 3.05) is 43.4 Å². The van der Waals surface area contributed by atoms with Crippen molar-refractivity contribution in [2.45, 2.75) is 6.92 Å². The summed E-state index contributed by atoms with van der Waals surface area (Å²) in [5.41, 5.74) is 1.57. The van der Waals surface area contributed by atoms with Crippen LogP contribution in [0.5, 0.6) is 0 Å². The lowest BCUT2D eigenvalue weighted by atomic mass is 10.1. The van der Waals surface area contributed by atoms with Gasteiger partial charge in [-0.2, -0.15) is 0 Å². The number of hydrogen-bond donors (Lipinski definition) is 2. The Bertz CT molecular complexity index is 846. The molecule has 0 atom stereocenters. The summed E-state index contributed by atoms with van der Waals surface area (Å²) in [6, 6.07) is 16.1. The Morgan fingerprint density at radius 1 is 0.857 bits per heavy atom. The first-order chi connectivity index (χ1) is 13.5. The van der Waals surface area contributed by atoms with Crippen molar-refractivity contribution in [3.63, 3.8) is 0 Å². The molecule has 0 saturated carbocycles. The monoisotopic (exact) mass is 380 g/mol. The van der Waals surface area contributed by atoms with E-state index >= 15 is 0 Å². The third-order valence-electron chi connectivity index (χ3n) is 4.66. The summed E-state index contributed by atoms with van der Waals surface area (Å²) in [6.07, 6.45) is 0. The fraction of sp³-hybridized carbons (Fsp3) is 0.286. The van der Waals surface area contributed by atoms with Crippen molar-refractivity contribution in [3.8, 4) is 0 Å². The molecule has 0 bridgehead atoms. The van der Waals surface area contributed by atoms with E-state index in [0.717, 1.165) is 0 Å². The summed E-state index contributed by atoms with van der Waals surface area (Å²) in [7, 11) is 0. The van der Waals surface area contributed by atoms with Crippen LogP contribution in [0.4, 0.5) is 11.4 Å². The van der Waals surface area contributed by atoms with Crippen molar-refractivity contribution in [3.05, 3.63) is 60.2 Å². The van der Waals surface area contributed by atoms with Crippen LogP contribution in [0, 0.1) is 0 Å². The maximum Gasteiger partial charge on any atom is 0.257 e. The number of piperazine rings is 1. The summed E-state index contributed by atoms with van der Waals surface area (Å²) in [5.74, 6) is -0.407. The van der Waals surface area contributed by atoms with Crippen molar-refractivity contribution in [2.24, 2.45) is 0 Å². The minimum Gasteiger partial charge on any atom is -0.340 e. The lowest BCUT2D eigenvalue weighted by Gasteiger charge is -2.33. The highest BCUT2D eigenvalue weighted by Crippen LogP contribution is 2.17. The van der Waals surface area contributed by atoms with Crippen molar-refractivity contribution in [1.82, 2.24) is 9.80 Å². The molecule has 28 heavy (non-hydrogen) atoms. The molecule has 1 heterocycles. The van der Waals surface area contributed by atoms with Gasteiger partial charge in [-0.25, -0.2) is 0 Å². The van der Waals surface area contributed by atoms with Gasteiger partial charge in [0.15, 0.2) is 0 Å². The fourth-order valence-corrected chi connectivity index (χ4v) is 3.12. The predicted molar refractivity (Wildman–Crippen MR) is 108 cm³/mol. The van der Waals surface area contributed by atoms with Crippen molar-refractivity contribution < 1.29 is 14.4 Å². The number of nitrogens with one attached hydrogen (secondary N) is 2. The van der Waals surface area contributed by atoms with E-state index in [0.29, 0.717) is 43.1 Å². The number of carbonyl (C=O) groups is 3. The number of anilines is 2. The van der Waals surface area contributed by atoms with Crippen LogP contribution in [-0.4, -0.2) is 60.2 Å². The molecule has 2 aromatic rings. The van der Waals surface area contributed by atoms with Gasteiger partial charge in [-0.05, 0) is 24.3 Å². The summed E-state index contributed by atoms with van der Waals surface area (Å²) < 4.78 is 0. The SMILES string of the molecule is CC(=O)N1CCN(CC(=O)Nc2ccccc2C(=O)Nc2ccccc2)CC1. The molecule has 0 spiro atoms. The van der Waals surface area contributed by atoms with Gasteiger partial charge in [-0.15, -0.1) is 0 Å². The van der Waals surface area contributed by atoms with Crippen LogP contribution >= 0.6 is 0 Å². The van der Waals surface area contributed by atoms with Gasteiger partial charge >= 0.3 is 0 Å². The Labute approximate surface area is 164 Å². The molecule has 1 aliphatic heterocycles. The summed E-state index contributed by atoms with van der Waals surface area (Å²) in [6.45, 7) is 4.34. The quantitative estimate of drug-likeness (QED) is 0.832. The Hall–Kier alpha value is -3.19. The predicted octanol–water partition coefficient (Wildman–Crippen LogP) is 2.04. The second-order valence-corrected chi connectivity index (χ2v) is 6.70. The average Bonchev–Trinajstić information content (AvgIpc) is 2.69. The molecule has 7 heteroatoms. The molecule has 3 rings (SSSR count). The van der Waals surface area contributed by atoms with Gasteiger partial charge < -0.3 is 15.5 Å². The van der Waals surface area contributed by atoms with E-state index in [1.807, 2.05) is 23.1 Å². The standard InChI is InChI=1S/C21H24N4O3/c1-16(26)25-13-11-24(12-14-25)15-20(27)23-19-10-6-5-9-18(19)21(28)22-17-7-3-2-4-8-17/h2-10H,11-15H2,1H3,(H,22,28)(H,23,27).